The molecule has 0 aliphatic carbocycles. The van der Waals surface area contributed by atoms with Crippen molar-refractivity contribution in [2.75, 3.05) is 13.2 Å². The zero-order valence-corrected chi connectivity index (χ0v) is 9.87. The van der Waals surface area contributed by atoms with E-state index in [1.807, 2.05) is 43.6 Å². The van der Waals surface area contributed by atoms with E-state index in [4.69, 9.17) is 9.47 Å². The summed E-state index contributed by atoms with van der Waals surface area (Å²) in [7, 11) is 1.87. The molecule has 90 valence electrons. The second kappa shape index (κ2) is 5.94. The topological polar surface area (TPSA) is 36.3 Å². The Morgan fingerprint density at radius 3 is 2.41 bits per heavy atom. The van der Waals surface area contributed by atoms with Crippen molar-refractivity contribution in [2.24, 2.45) is 7.05 Å². The summed E-state index contributed by atoms with van der Waals surface area (Å²) >= 11 is 0. The van der Waals surface area contributed by atoms with Crippen LogP contribution in [0.5, 0.6) is 11.5 Å². The molecule has 0 fully saturated rings. The Bertz CT molecular complexity index is 440. The highest BCUT2D eigenvalue weighted by Gasteiger charge is 1.96. The smallest absolute Gasteiger partial charge is 0.157 e. The minimum absolute atomic E-state index is 0.637. The van der Waals surface area contributed by atoms with Gasteiger partial charge in [0.15, 0.2) is 5.75 Å². The van der Waals surface area contributed by atoms with E-state index < -0.39 is 0 Å². The predicted molar refractivity (Wildman–Crippen MR) is 65.3 cm³/mol. The molecule has 4 heteroatoms. The first-order valence-corrected chi connectivity index (χ1v) is 5.64. The van der Waals surface area contributed by atoms with E-state index in [1.54, 1.807) is 10.9 Å². The van der Waals surface area contributed by atoms with Crippen molar-refractivity contribution in [2.45, 2.75) is 6.42 Å². The van der Waals surface area contributed by atoms with Gasteiger partial charge in [-0.3, -0.25) is 4.68 Å². The van der Waals surface area contributed by atoms with Crippen molar-refractivity contribution < 1.29 is 9.47 Å². The van der Waals surface area contributed by atoms with E-state index in [9.17, 15) is 0 Å². The molecule has 0 saturated carbocycles. The third-order valence-electron chi connectivity index (χ3n) is 2.25. The molecule has 1 aromatic heterocycles. The first-order chi connectivity index (χ1) is 8.34. The maximum absolute atomic E-state index is 5.55. The minimum atomic E-state index is 0.637. The Kier molecular flexibility index (Phi) is 4.02. The van der Waals surface area contributed by atoms with Gasteiger partial charge in [-0.1, -0.05) is 18.2 Å². The number of hydrogen-bond acceptors (Lipinski definition) is 3. The standard InChI is InChI=1S/C13H16N2O2/c1-15-11-13(10-14-15)17-9-5-8-16-12-6-3-2-4-7-12/h2-4,6-7,10-11H,5,8-9H2,1H3. The Morgan fingerprint density at radius 1 is 1.06 bits per heavy atom. The molecular formula is C13H16N2O2. The zero-order chi connectivity index (χ0) is 11.9. The molecular weight excluding hydrogens is 216 g/mol. The summed E-state index contributed by atoms with van der Waals surface area (Å²) in [5.41, 5.74) is 0. The van der Waals surface area contributed by atoms with E-state index in [0.717, 1.165) is 17.9 Å². The molecule has 0 N–H and O–H groups in total. The average Bonchev–Trinajstić information content (AvgIpc) is 2.76. The van der Waals surface area contributed by atoms with Crippen LogP contribution in [0.4, 0.5) is 0 Å². The lowest BCUT2D eigenvalue weighted by Crippen LogP contribution is -2.04. The molecule has 17 heavy (non-hydrogen) atoms. The van der Waals surface area contributed by atoms with Gasteiger partial charge in [-0.15, -0.1) is 0 Å². The fourth-order valence-electron chi connectivity index (χ4n) is 1.43. The minimum Gasteiger partial charge on any atom is -0.493 e. The van der Waals surface area contributed by atoms with Gasteiger partial charge in [0.2, 0.25) is 0 Å². The van der Waals surface area contributed by atoms with Crippen LogP contribution in [-0.4, -0.2) is 23.0 Å². The molecule has 0 unspecified atom stereocenters. The number of ether oxygens (including phenoxy) is 2. The summed E-state index contributed by atoms with van der Waals surface area (Å²) in [6.07, 6.45) is 4.40. The molecule has 0 radical (unpaired) electrons. The summed E-state index contributed by atoms with van der Waals surface area (Å²) in [5, 5.41) is 4.02. The van der Waals surface area contributed by atoms with Gasteiger partial charge in [-0.25, -0.2) is 0 Å². The van der Waals surface area contributed by atoms with Crippen LogP contribution in [0.3, 0.4) is 0 Å². The van der Waals surface area contributed by atoms with E-state index in [2.05, 4.69) is 5.10 Å². The summed E-state index contributed by atoms with van der Waals surface area (Å²) in [4.78, 5) is 0. The monoisotopic (exact) mass is 232 g/mol. The average molecular weight is 232 g/mol. The van der Waals surface area contributed by atoms with Gasteiger partial charge in [-0.05, 0) is 12.1 Å². The Hall–Kier alpha value is -1.97. The van der Waals surface area contributed by atoms with Gasteiger partial charge in [-0.2, -0.15) is 5.10 Å². The molecule has 0 saturated heterocycles. The second-order valence-electron chi connectivity index (χ2n) is 3.71. The van der Waals surface area contributed by atoms with Gasteiger partial charge in [0.25, 0.3) is 0 Å². The summed E-state index contributed by atoms with van der Waals surface area (Å²) in [5.74, 6) is 1.70. The highest BCUT2D eigenvalue weighted by molar-refractivity contribution is 5.20. The fourth-order valence-corrected chi connectivity index (χ4v) is 1.43. The molecule has 0 bridgehead atoms. The van der Waals surface area contributed by atoms with Gasteiger partial charge < -0.3 is 9.47 Å². The molecule has 4 nitrogen and oxygen atoms in total. The molecule has 0 aliphatic heterocycles. The number of nitrogens with zero attached hydrogens (tertiary/aromatic N) is 2. The summed E-state index contributed by atoms with van der Waals surface area (Å²) in [6, 6.07) is 9.78. The van der Waals surface area contributed by atoms with E-state index in [0.29, 0.717) is 13.2 Å². The molecule has 1 aromatic carbocycles. The van der Waals surface area contributed by atoms with Crippen LogP contribution in [0.1, 0.15) is 6.42 Å². The van der Waals surface area contributed by atoms with Crippen LogP contribution < -0.4 is 9.47 Å². The normalized spacial score (nSPS) is 10.2. The van der Waals surface area contributed by atoms with Crippen LogP contribution in [0, 0.1) is 0 Å². The SMILES string of the molecule is Cn1cc(OCCCOc2ccccc2)cn1. The number of aromatic nitrogens is 2. The Labute approximate surface area is 101 Å². The quantitative estimate of drug-likeness (QED) is 0.717. The van der Waals surface area contributed by atoms with Crippen LogP contribution in [0.2, 0.25) is 0 Å². The Balaban J connectivity index is 1.61. The third kappa shape index (κ3) is 3.83. The van der Waals surface area contributed by atoms with Gasteiger partial charge >= 0.3 is 0 Å². The molecule has 0 spiro atoms. The highest BCUT2D eigenvalue weighted by atomic mass is 16.5. The van der Waals surface area contributed by atoms with Crippen molar-refractivity contribution in [3.8, 4) is 11.5 Å². The van der Waals surface area contributed by atoms with Crippen LogP contribution in [-0.2, 0) is 7.05 Å². The van der Waals surface area contributed by atoms with E-state index >= 15 is 0 Å². The molecule has 2 aromatic rings. The van der Waals surface area contributed by atoms with Crippen LogP contribution in [0.25, 0.3) is 0 Å². The number of aryl methyl sites for hydroxylation is 1. The van der Waals surface area contributed by atoms with Crippen molar-refractivity contribution >= 4 is 0 Å². The lowest BCUT2D eigenvalue weighted by molar-refractivity contribution is 0.247. The summed E-state index contributed by atoms with van der Waals surface area (Å²) in [6.45, 7) is 1.29. The first-order valence-electron chi connectivity index (χ1n) is 5.64. The summed E-state index contributed by atoms with van der Waals surface area (Å²) < 4.78 is 12.8. The lowest BCUT2D eigenvalue weighted by atomic mass is 10.3. The van der Waals surface area contributed by atoms with Crippen molar-refractivity contribution in [1.82, 2.24) is 9.78 Å². The number of benzene rings is 1. The van der Waals surface area contributed by atoms with Crippen molar-refractivity contribution in [3.05, 3.63) is 42.7 Å². The molecule has 2 rings (SSSR count). The lowest BCUT2D eigenvalue weighted by Gasteiger charge is -2.06. The largest absolute Gasteiger partial charge is 0.493 e. The van der Waals surface area contributed by atoms with Crippen LogP contribution >= 0.6 is 0 Å². The van der Waals surface area contributed by atoms with Crippen molar-refractivity contribution in [3.63, 3.8) is 0 Å². The maximum atomic E-state index is 5.55. The van der Waals surface area contributed by atoms with Crippen LogP contribution in [0.15, 0.2) is 42.7 Å². The second-order valence-corrected chi connectivity index (χ2v) is 3.71. The van der Waals surface area contributed by atoms with Gasteiger partial charge in [0, 0.05) is 13.5 Å². The van der Waals surface area contributed by atoms with E-state index in [-0.39, 0.29) is 0 Å². The number of hydrogen-bond donors (Lipinski definition) is 0. The third-order valence-corrected chi connectivity index (χ3v) is 2.25. The van der Waals surface area contributed by atoms with Crippen molar-refractivity contribution in [1.29, 1.82) is 0 Å². The van der Waals surface area contributed by atoms with E-state index in [1.165, 1.54) is 0 Å². The first kappa shape index (κ1) is 11.5. The highest BCUT2D eigenvalue weighted by Crippen LogP contribution is 2.09. The Morgan fingerprint density at radius 2 is 1.76 bits per heavy atom. The molecule has 1 heterocycles. The molecule has 0 amide bonds. The van der Waals surface area contributed by atoms with Gasteiger partial charge in [0.1, 0.15) is 5.75 Å². The maximum Gasteiger partial charge on any atom is 0.157 e. The van der Waals surface area contributed by atoms with Gasteiger partial charge in [0.05, 0.1) is 25.6 Å². The number of rotatable bonds is 6. The fraction of sp³-hybridized carbons (Fsp3) is 0.308. The zero-order valence-electron chi connectivity index (χ0n) is 9.87. The molecule has 0 aliphatic rings. The predicted octanol–water partition coefficient (Wildman–Crippen LogP) is 2.27. The number of para-hydroxylation sites is 1. The molecule has 0 atom stereocenters.